The van der Waals surface area contributed by atoms with Crippen molar-refractivity contribution in [1.82, 2.24) is 0 Å². The van der Waals surface area contributed by atoms with Gasteiger partial charge in [0.2, 0.25) is 0 Å². The van der Waals surface area contributed by atoms with E-state index in [1.54, 1.807) is 7.11 Å². The first-order chi connectivity index (χ1) is 13.6. The summed E-state index contributed by atoms with van der Waals surface area (Å²) >= 11 is 0. The Hall–Kier alpha value is -2.53. The molecule has 3 rings (SSSR count). The molecule has 0 aliphatic carbocycles. The second kappa shape index (κ2) is 9.60. The third kappa shape index (κ3) is 5.26. The number of esters is 1. The second-order valence-electron chi connectivity index (χ2n) is 7.39. The van der Waals surface area contributed by atoms with E-state index in [2.05, 4.69) is 12.1 Å². The van der Waals surface area contributed by atoms with Crippen LogP contribution in [0.4, 0.5) is 0 Å². The van der Waals surface area contributed by atoms with Gasteiger partial charge in [-0.15, -0.1) is 0 Å². The van der Waals surface area contributed by atoms with Crippen LogP contribution >= 0.6 is 0 Å². The molecular weight excluding hydrogens is 354 g/mol. The van der Waals surface area contributed by atoms with Gasteiger partial charge in [-0.25, -0.2) is 0 Å². The Balaban J connectivity index is 1.84. The highest BCUT2D eigenvalue weighted by Gasteiger charge is 2.34. The lowest BCUT2D eigenvalue weighted by Gasteiger charge is -2.31. The molecule has 1 heterocycles. The lowest BCUT2D eigenvalue weighted by Crippen LogP contribution is -2.42. The van der Waals surface area contributed by atoms with Crippen molar-refractivity contribution in [3.05, 3.63) is 60.2 Å². The molecule has 1 saturated heterocycles. The third-order valence-electron chi connectivity index (χ3n) is 5.29. The topological polar surface area (TPSA) is 70.8 Å². The van der Waals surface area contributed by atoms with E-state index in [9.17, 15) is 4.79 Å². The quantitative estimate of drug-likeness (QED) is 0.797. The van der Waals surface area contributed by atoms with Crippen LogP contribution in [0, 0.1) is 5.92 Å². The number of nitrogens with two attached hydrogens (primary N) is 1. The molecular formula is C23H29NO4. The molecule has 2 aromatic rings. The van der Waals surface area contributed by atoms with E-state index < -0.39 is 6.04 Å². The minimum Gasteiger partial charge on any atom is -0.497 e. The lowest BCUT2D eigenvalue weighted by atomic mass is 9.86. The van der Waals surface area contributed by atoms with Crippen LogP contribution in [0.2, 0.25) is 0 Å². The minimum atomic E-state index is -0.570. The highest BCUT2D eigenvalue weighted by molar-refractivity contribution is 5.75. The van der Waals surface area contributed by atoms with E-state index in [4.69, 9.17) is 19.9 Å². The van der Waals surface area contributed by atoms with Crippen LogP contribution in [0.15, 0.2) is 54.6 Å². The van der Waals surface area contributed by atoms with Crippen molar-refractivity contribution in [1.29, 1.82) is 0 Å². The smallest absolute Gasteiger partial charge is 0.323 e. The van der Waals surface area contributed by atoms with E-state index >= 15 is 0 Å². The molecule has 150 valence electrons. The highest BCUT2D eigenvalue weighted by Crippen LogP contribution is 2.29. The first-order valence-corrected chi connectivity index (χ1v) is 9.87. The zero-order valence-electron chi connectivity index (χ0n) is 16.5. The predicted octanol–water partition coefficient (Wildman–Crippen LogP) is 3.74. The molecule has 1 fully saturated rings. The molecule has 0 saturated carbocycles. The number of carbonyl (C=O) groups excluding carboxylic acids is 1. The summed E-state index contributed by atoms with van der Waals surface area (Å²) in [6.45, 7) is 1.89. The summed E-state index contributed by atoms with van der Waals surface area (Å²) in [6, 6.07) is 17.2. The van der Waals surface area contributed by atoms with Gasteiger partial charge in [0.25, 0.3) is 0 Å². The van der Waals surface area contributed by atoms with Gasteiger partial charge < -0.3 is 19.9 Å². The Kier molecular flexibility index (Phi) is 6.93. The monoisotopic (exact) mass is 383 g/mol. The number of carbonyl (C=O) groups is 1. The fraction of sp³-hybridized carbons (Fsp3) is 0.435. The van der Waals surface area contributed by atoms with Gasteiger partial charge in [0, 0.05) is 5.92 Å². The van der Waals surface area contributed by atoms with Crippen molar-refractivity contribution >= 4 is 5.97 Å². The summed E-state index contributed by atoms with van der Waals surface area (Å²) in [5, 5.41) is 0. The van der Waals surface area contributed by atoms with E-state index in [0.717, 1.165) is 30.8 Å². The largest absolute Gasteiger partial charge is 0.497 e. The Bertz CT molecular complexity index is 747. The van der Waals surface area contributed by atoms with Gasteiger partial charge in [0.05, 0.1) is 7.11 Å². The van der Waals surface area contributed by atoms with Crippen molar-refractivity contribution < 1.29 is 19.0 Å². The predicted molar refractivity (Wildman–Crippen MR) is 108 cm³/mol. The number of benzene rings is 2. The number of methoxy groups -OCH3 is 1. The standard InChI is InChI=1S/C23H29NO4/c1-16-22(28-20-8-4-3-5-9-20)18(7-6-10-21(24)23(25)27-16)15-17-11-13-19(26-2)14-12-17/h3-5,8-9,11-14,16,18,21-22H,6-7,10,15,24H2,1-2H3/t16-,18+,21-,22-/m0/s1. The molecule has 0 spiro atoms. The first-order valence-electron chi connectivity index (χ1n) is 9.87. The molecule has 5 heteroatoms. The zero-order valence-corrected chi connectivity index (χ0v) is 16.5. The molecule has 1 aliphatic heterocycles. The van der Waals surface area contributed by atoms with E-state index in [1.807, 2.05) is 49.4 Å². The van der Waals surface area contributed by atoms with E-state index in [0.29, 0.717) is 6.42 Å². The summed E-state index contributed by atoms with van der Waals surface area (Å²) < 4.78 is 17.2. The molecule has 28 heavy (non-hydrogen) atoms. The summed E-state index contributed by atoms with van der Waals surface area (Å²) in [5.74, 6) is 1.46. The van der Waals surface area contributed by atoms with Crippen LogP contribution in [0.1, 0.15) is 31.7 Å². The Labute approximate surface area is 166 Å². The van der Waals surface area contributed by atoms with Crippen molar-refractivity contribution in [2.75, 3.05) is 7.11 Å². The van der Waals surface area contributed by atoms with Gasteiger partial charge in [0.1, 0.15) is 29.7 Å². The number of cyclic esters (lactones) is 1. The summed E-state index contributed by atoms with van der Waals surface area (Å²) in [5.41, 5.74) is 7.18. The van der Waals surface area contributed by atoms with Crippen LogP contribution in [0.3, 0.4) is 0 Å². The van der Waals surface area contributed by atoms with E-state index in [1.165, 1.54) is 5.56 Å². The second-order valence-corrected chi connectivity index (χ2v) is 7.39. The SMILES string of the molecule is COc1ccc(C[C@H]2CCC[C@H](N)C(=O)O[C@@H](C)[C@@H]2Oc2ccccc2)cc1. The molecule has 0 radical (unpaired) electrons. The van der Waals surface area contributed by atoms with Gasteiger partial charge in [-0.1, -0.05) is 36.8 Å². The molecule has 2 N–H and O–H groups in total. The molecule has 2 aromatic carbocycles. The molecule has 1 aliphatic rings. The highest BCUT2D eigenvalue weighted by atomic mass is 16.6. The summed E-state index contributed by atoms with van der Waals surface area (Å²) in [4.78, 5) is 12.2. The molecule has 0 aromatic heterocycles. The molecule has 0 amide bonds. The van der Waals surface area contributed by atoms with Gasteiger partial charge in [-0.3, -0.25) is 4.79 Å². The normalized spacial score (nSPS) is 25.8. The minimum absolute atomic E-state index is 0.196. The Morgan fingerprint density at radius 1 is 1.04 bits per heavy atom. The maximum Gasteiger partial charge on any atom is 0.323 e. The van der Waals surface area contributed by atoms with Crippen LogP contribution in [-0.4, -0.2) is 31.3 Å². The van der Waals surface area contributed by atoms with Crippen molar-refractivity contribution in [3.8, 4) is 11.5 Å². The molecule has 5 nitrogen and oxygen atoms in total. The first kappa shape index (κ1) is 20.2. The number of ether oxygens (including phenoxy) is 3. The van der Waals surface area contributed by atoms with Crippen LogP contribution in [-0.2, 0) is 16.0 Å². The van der Waals surface area contributed by atoms with Gasteiger partial charge >= 0.3 is 5.97 Å². The molecule has 0 bridgehead atoms. The Morgan fingerprint density at radius 2 is 1.75 bits per heavy atom. The number of rotatable bonds is 5. The van der Waals surface area contributed by atoms with Gasteiger partial charge in [-0.2, -0.15) is 0 Å². The van der Waals surface area contributed by atoms with Crippen molar-refractivity contribution in [2.45, 2.75) is 50.9 Å². The summed E-state index contributed by atoms with van der Waals surface area (Å²) in [6.07, 6.45) is 2.59. The van der Waals surface area contributed by atoms with Crippen molar-refractivity contribution in [2.24, 2.45) is 11.7 Å². The fourth-order valence-electron chi connectivity index (χ4n) is 3.73. The number of para-hydroxylation sites is 1. The molecule has 0 unspecified atom stereocenters. The fourth-order valence-corrected chi connectivity index (χ4v) is 3.73. The summed E-state index contributed by atoms with van der Waals surface area (Å²) in [7, 11) is 1.66. The number of hydrogen-bond acceptors (Lipinski definition) is 5. The average molecular weight is 383 g/mol. The maximum absolute atomic E-state index is 12.2. The van der Waals surface area contributed by atoms with E-state index in [-0.39, 0.29) is 24.1 Å². The Morgan fingerprint density at radius 3 is 2.43 bits per heavy atom. The number of hydrogen-bond donors (Lipinski definition) is 1. The lowest BCUT2D eigenvalue weighted by molar-refractivity contribution is -0.155. The molecule has 4 atom stereocenters. The zero-order chi connectivity index (χ0) is 19.9. The maximum atomic E-state index is 12.2. The van der Waals surface area contributed by atoms with Gasteiger partial charge in [0.15, 0.2) is 0 Å². The third-order valence-corrected chi connectivity index (χ3v) is 5.29. The van der Waals surface area contributed by atoms with Crippen LogP contribution < -0.4 is 15.2 Å². The van der Waals surface area contributed by atoms with Crippen LogP contribution in [0.5, 0.6) is 11.5 Å². The van der Waals surface area contributed by atoms with Crippen molar-refractivity contribution in [3.63, 3.8) is 0 Å². The van der Waals surface area contributed by atoms with Gasteiger partial charge in [-0.05, 0) is 56.0 Å². The average Bonchev–Trinajstić information content (AvgIpc) is 2.76. The van der Waals surface area contributed by atoms with Crippen LogP contribution in [0.25, 0.3) is 0 Å².